The molecule has 0 bridgehead atoms. The van der Waals surface area contributed by atoms with Crippen molar-refractivity contribution in [2.45, 2.75) is 44.8 Å². The monoisotopic (exact) mass is 307 g/mol. The molecule has 1 aromatic carbocycles. The molecule has 116 valence electrons. The van der Waals surface area contributed by atoms with Gasteiger partial charge in [-0.3, -0.25) is 0 Å². The van der Waals surface area contributed by atoms with Crippen LogP contribution in [0.25, 0.3) is 11.0 Å². The second-order valence-electron chi connectivity index (χ2n) is 5.15. The van der Waals surface area contributed by atoms with E-state index < -0.39 is 0 Å². The lowest BCUT2D eigenvalue weighted by Gasteiger charge is -2.11. The Balaban J connectivity index is 1.85. The molecule has 5 heteroatoms. The Bertz CT molecular complexity index is 555. The topological polar surface area (TPSA) is 49.9 Å². The molecule has 0 saturated heterocycles. The van der Waals surface area contributed by atoms with Gasteiger partial charge >= 0.3 is 0 Å². The van der Waals surface area contributed by atoms with Crippen LogP contribution in [-0.4, -0.2) is 34.9 Å². The van der Waals surface area contributed by atoms with Crippen LogP contribution in [-0.2, 0) is 0 Å². The highest BCUT2D eigenvalue weighted by Crippen LogP contribution is 2.23. The van der Waals surface area contributed by atoms with E-state index >= 15 is 0 Å². The summed E-state index contributed by atoms with van der Waals surface area (Å²) in [5.74, 6) is 1.91. The lowest BCUT2D eigenvalue weighted by molar-refractivity contribution is 0.340. The van der Waals surface area contributed by atoms with Crippen molar-refractivity contribution in [1.29, 1.82) is 0 Å². The molecular weight excluding hydrogens is 282 g/mol. The summed E-state index contributed by atoms with van der Waals surface area (Å²) in [7, 11) is 0. The van der Waals surface area contributed by atoms with Crippen LogP contribution in [0.5, 0.6) is 5.75 Å². The average molecular weight is 307 g/mol. The maximum atomic E-state index is 5.51. The fraction of sp³-hybridized carbons (Fsp3) is 0.562. The molecule has 0 amide bonds. The van der Waals surface area contributed by atoms with Crippen LogP contribution in [0.3, 0.4) is 0 Å². The predicted molar refractivity (Wildman–Crippen MR) is 90.4 cm³/mol. The van der Waals surface area contributed by atoms with E-state index in [-0.39, 0.29) is 0 Å². The summed E-state index contributed by atoms with van der Waals surface area (Å²) in [4.78, 5) is 7.94. The molecule has 2 rings (SSSR count). The van der Waals surface area contributed by atoms with E-state index in [1.54, 1.807) is 11.8 Å². The van der Waals surface area contributed by atoms with E-state index in [0.29, 0.717) is 12.6 Å². The van der Waals surface area contributed by atoms with Gasteiger partial charge in [-0.2, -0.15) is 0 Å². The number of aromatic nitrogens is 2. The molecule has 0 radical (unpaired) electrons. The summed E-state index contributed by atoms with van der Waals surface area (Å²) >= 11 is 1.76. The molecule has 0 aliphatic rings. The number of fused-ring (bicyclic) bond motifs is 1. The standard InChI is InChI=1S/C16H25N3OS/c1-4-6-12(3)17-9-10-21-16-18-14-8-7-13(20-5-2)11-15(14)19-16/h7-8,11-12,17H,4-6,9-10H2,1-3H3,(H,18,19). The number of nitrogens with zero attached hydrogens (tertiary/aromatic N) is 1. The van der Waals surface area contributed by atoms with E-state index in [1.807, 2.05) is 25.1 Å². The van der Waals surface area contributed by atoms with E-state index in [2.05, 4.69) is 29.1 Å². The molecule has 2 N–H and O–H groups in total. The van der Waals surface area contributed by atoms with Gasteiger partial charge in [-0.25, -0.2) is 4.98 Å². The largest absolute Gasteiger partial charge is 0.494 e. The summed E-state index contributed by atoms with van der Waals surface area (Å²) in [6.45, 7) is 8.14. The lowest BCUT2D eigenvalue weighted by Crippen LogP contribution is -2.27. The van der Waals surface area contributed by atoms with Crippen molar-refractivity contribution in [3.05, 3.63) is 18.2 Å². The summed E-state index contributed by atoms with van der Waals surface area (Å²) in [5.41, 5.74) is 2.03. The minimum Gasteiger partial charge on any atom is -0.494 e. The van der Waals surface area contributed by atoms with Crippen LogP contribution in [0.1, 0.15) is 33.6 Å². The first kappa shape index (κ1) is 16.2. The predicted octanol–water partition coefficient (Wildman–Crippen LogP) is 3.83. The van der Waals surface area contributed by atoms with Crippen LogP contribution in [0, 0.1) is 0 Å². The van der Waals surface area contributed by atoms with Crippen LogP contribution in [0.2, 0.25) is 0 Å². The number of aromatic amines is 1. The molecular formula is C16H25N3OS. The first-order chi connectivity index (χ1) is 10.2. The normalized spacial score (nSPS) is 12.7. The first-order valence-corrected chi connectivity index (χ1v) is 8.70. The number of hydrogen-bond acceptors (Lipinski definition) is 4. The summed E-state index contributed by atoms with van der Waals surface area (Å²) in [6, 6.07) is 6.58. The first-order valence-electron chi connectivity index (χ1n) is 7.71. The average Bonchev–Trinajstić information content (AvgIpc) is 2.86. The number of thioether (sulfide) groups is 1. The van der Waals surface area contributed by atoms with Gasteiger partial charge in [0.1, 0.15) is 5.75 Å². The van der Waals surface area contributed by atoms with Crippen molar-refractivity contribution in [1.82, 2.24) is 15.3 Å². The number of imidazole rings is 1. The van der Waals surface area contributed by atoms with Gasteiger partial charge in [0.05, 0.1) is 17.6 Å². The van der Waals surface area contributed by atoms with Gasteiger partial charge in [-0.05, 0) is 32.4 Å². The second-order valence-corrected chi connectivity index (χ2v) is 6.23. The number of benzene rings is 1. The Morgan fingerprint density at radius 1 is 1.38 bits per heavy atom. The maximum Gasteiger partial charge on any atom is 0.166 e. The molecule has 2 aromatic rings. The molecule has 0 saturated carbocycles. The molecule has 21 heavy (non-hydrogen) atoms. The number of hydrogen-bond donors (Lipinski definition) is 2. The highest BCUT2D eigenvalue weighted by atomic mass is 32.2. The molecule has 1 aromatic heterocycles. The highest BCUT2D eigenvalue weighted by molar-refractivity contribution is 7.99. The number of nitrogens with one attached hydrogen (secondary N) is 2. The van der Waals surface area contributed by atoms with Gasteiger partial charge in [-0.15, -0.1) is 0 Å². The Labute approximate surface area is 131 Å². The van der Waals surface area contributed by atoms with Crippen molar-refractivity contribution < 1.29 is 4.74 Å². The van der Waals surface area contributed by atoms with Gasteiger partial charge in [0.2, 0.25) is 0 Å². The van der Waals surface area contributed by atoms with Crippen LogP contribution in [0.15, 0.2) is 23.4 Å². The van der Waals surface area contributed by atoms with Crippen molar-refractivity contribution >= 4 is 22.8 Å². The van der Waals surface area contributed by atoms with Gasteiger partial charge < -0.3 is 15.0 Å². The van der Waals surface area contributed by atoms with Crippen LogP contribution >= 0.6 is 11.8 Å². The van der Waals surface area contributed by atoms with E-state index in [1.165, 1.54) is 12.8 Å². The van der Waals surface area contributed by atoms with Crippen molar-refractivity contribution in [3.8, 4) is 5.75 Å². The van der Waals surface area contributed by atoms with Crippen molar-refractivity contribution in [2.75, 3.05) is 18.9 Å². The molecule has 0 fully saturated rings. The molecule has 4 nitrogen and oxygen atoms in total. The number of ether oxygens (including phenoxy) is 1. The number of H-pyrrole nitrogens is 1. The summed E-state index contributed by atoms with van der Waals surface area (Å²) < 4.78 is 5.51. The zero-order chi connectivity index (χ0) is 15.1. The number of rotatable bonds is 9. The third-order valence-electron chi connectivity index (χ3n) is 3.30. The summed E-state index contributed by atoms with van der Waals surface area (Å²) in [5, 5.41) is 4.51. The molecule has 1 heterocycles. The SMILES string of the molecule is CCCC(C)NCCSc1nc2ccc(OCC)cc2[nH]1. The Kier molecular flexibility index (Phi) is 6.39. The lowest BCUT2D eigenvalue weighted by atomic mass is 10.2. The smallest absolute Gasteiger partial charge is 0.166 e. The Morgan fingerprint density at radius 3 is 3.00 bits per heavy atom. The van der Waals surface area contributed by atoms with Gasteiger partial charge in [0, 0.05) is 24.4 Å². The third-order valence-corrected chi connectivity index (χ3v) is 4.17. The van der Waals surface area contributed by atoms with Gasteiger partial charge in [-0.1, -0.05) is 25.1 Å². The van der Waals surface area contributed by atoms with Crippen LogP contribution < -0.4 is 10.1 Å². The van der Waals surface area contributed by atoms with Crippen molar-refractivity contribution in [2.24, 2.45) is 0 Å². The fourth-order valence-corrected chi connectivity index (χ4v) is 3.04. The van der Waals surface area contributed by atoms with Gasteiger partial charge in [0.25, 0.3) is 0 Å². The third kappa shape index (κ3) is 4.93. The Morgan fingerprint density at radius 2 is 2.24 bits per heavy atom. The fourth-order valence-electron chi connectivity index (χ4n) is 2.28. The molecule has 0 aliphatic carbocycles. The zero-order valence-corrected chi connectivity index (χ0v) is 13.9. The second kappa shape index (κ2) is 8.29. The Hall–Kier alpha value is -1.20. The zero-order valence-electron chi connectivity index (χ0n) is 13.1. The summed E-state index contributed by atoms with van der Waals surface area (Å²) in [6.07, 6.45) is 2.46. The molecule has 0 spiro atoms. The maximum absolute atomic E-state index is 5.51. The van der Waals surface area contributed by atoms with Crippen molar-refractivity contribution in [3.63, 3.8) is 0 Å². The van der Waals surface area contributed by atoms with E-state index in [4.69, 9.17) is 4.74 Å². The molecule has 0 aliphatic heterocycles. The quantitative estimate of drug-likeness (QED) is 0.546. The highest BCUT2D eigenvalue weighted by Gasteiger charge is 2.05. The molecule has 1 atom stereocenters. The van der Waals surface area contributed by atoms with E-state index in [0.717, 1.165) is 34.2 Å². The minimum absolute atomic E-state index is 0.597. The van der Waals surface area contributed by atoms with Gasteiger partial charge in [0.15, 0.2) is 5.16 Å². The van der Waals surface area contributed by atoms with E-state index in [9.17, 15) is 0 Å². The van der Waals surface area contributed by atoms with Crippen LogP contribution in [0.4, 0.5) is 0 Å². The minimum atomic E-state index is 0.597. The molecule has 1 unspecified atom stereocenters.